The Balaban J connectivity index is 1.81. The summed E-state index contributed by atoms with van der Waals surface area (Å²) in [6.45, 7) is 1.16. The number of ether oxygens (including phenoxy) is 2. The Morgan fingerprint density at radius 3 is 2.76 bits per heavy atom. The topological polar surface area (TPSA) is 61.2 Å². The van der Waals surface area contributed by atoms with Gasteiger partial charge in [-0.05, 0) is 23.6 Å². The van der Waals surface area contributed by atoms with Gasteiger partial charge < -0.3 is 14.8 Å². The molecule has 0 atom stereocenters. The maximum Gasteiger partial charge on any atom is 0.162 e. The number of benzene rings is 1. The Hall–Kier alpha value is -2.76. The van der Waals surface area contributed by atoms with Gasteiger partial charge in [-0.15, -0.1) is 0 Å². The maximum absolute atomic E-state index is 5.64. The molecule has 0 unspecified atom stereocenters. The largest absolute Gasteiger partial charge is 0.486 e. The third-order valence-electron chi connectivity index (χ3n) is 3.39. The van der Waals surface area contributed by atoms with Crippen molar-refractivity contribution >= 4 is 22.3 Å². The van der Waals surface area contributed by atoms with Gasteiger partial charge in [-0.3, -0.25) is 4.68 Å². The van der Waals surface area contributed by atoms with E-state index in [9.17, 15) is 0 Å². The minimum Gasteiger partial charge on any atom is -0.486 e. The van der Waals surface area contributed by atoms with E-state index in [1.54, 1.807) is 17.1 Å². The predicted octanol–water partition coefficient (Wildman–Crippen LogP) is 2.48. The van der Waals surface area contributed by atoms with E-state index in [-0.39, 0.29) is 0 Å². The Kier molecular flexibility index (Phi) is 2.67. The Bertz CT molecular complexity index is 813. The lowest BCUT2D eigenvalue weighted by molar-refractivity contribution is 0.172. The maximum atomic E-state index is 5.64. The number of anilines is 2. The van der Waals surface area contributed by atoms with Gasteiger partial charge in [-0.25, -0.2) is 4.98 Å². The lowest BCUT2D eigenvalue weighted by Crippen LogP contribution is -2.15. The van der Waals surface area contributed by atoms with E-state index < -0.39 is 0 Å². The van der Waals surface area contributed by atoms with Crippen LogP contribution in [0.2, 0.25) is 0 Å². The molecule has 21 heavy (non-hydrogen) atoms. The fourth-order valence-electron chi connectivity index (χ4n) is 2.43. The molecule has 3 aromatic rings. The molecular weight excluding hydrogens is 268 g/mol. The molecule has 6 nitrogen and oxygen atoms in total. The number of aryl methyl sites for hydroxylation is 1. The highest BCUT2D eigenvalue weighted by Gasteiger charge is 2.14. The monoisotopic (exact) mass is 282 g/mol. The number of aromatic nitrogens is 3. The highest BCUT2D eigenvalue weighted by molar-refractivity contribution is 5.95. The number of hydrogen-bond donors (Lipinski definition) is 1. The molecule has 4 rings (SSSR count). The zero-order valence-electron chi connectivity index (χ0n) is 11.5. The normalized spacial score (nSPS) is 13.4. The molecule has 0 aliphatic carbocycles. The molecule has 0 amide bonds. The number of pyridine rings is 1. The zero-order valence-corrected chi connectivity index (χ0v) is 11.5. The molecular formula is C15H14N4O2. The average molecular weight is 282 g/mol. The average Bonchev–Trinajstić information content (AvgIpc) is 2.91. The second-order valence-corrected chi connectivity index (χ2v) is 4.90. The van der Waals surface area contributed by atoms with Gasteiger partial charge in [-0.2, -0.15) is 5.10 Å². The lowest BCUT2D eigenvalue weighted by atomic mass is 10.1. The van der Waals surface area contributed by atoms with Gasteiger partial charge in [0.05, 0.1) is 11.9 Å². The van der Waals surface area contributed by atoms with Crippen LogP contribution in [0.3, 0.4) is 0 Å². The Labute approximate surface area is 121 Å². The van der Waals surface area contributed by atoms with Crippen LogP contribution in [-0.4, -0.2) is 28.0 Å². The molecule has 0 radical (unpaired) electrons. The first-order valence-electron chi connectivity index (χ1n) is 6.74. The molecule has 0 saturated heterocycles. The summed E-state index contributed by atoms with van der Waals surface area (Å²) in [5.41, 5.74) is 0.896. The molecule has 1 aliphatic heterocycles. The first-order chi connectivity index (χ1) is 10.3. The molecule has 0 spiro atoms. The van der Waals surface area contributed by atoms with Crippen LogP contribution in [0, 0.1) is 0 Å². The molecule has 0 fully saturated rings. The minimum absolute atomic E-state index is 0.574. The summed E-state index contributed by atoms with van der Waals surface area (Å²) in [6.07, 6.45) is 5.44. The first kappa shape index (κ1) is 12.0. The van der Waals surface area contributed by atoms with Crippen molar-refractivity contribution < 1.29 is 9.47 Å². The van der Waals surface area contributed by atoms with Crippen LogP contribution in [0.1, 0.15) is 0 Å². The van der Waals surface area contributed by atoms with Crippen LogP contribution in [0.25, 0.3) is 10.8 Å². The van der Waals surface area contributed by atoms with Crippen LogP contribution >= 0.6 is 0 Å². The summed E-state index contributed by atoms with van der Waals surface area (Å²) >= 11 is 0. The van der Waals surface area contributed by atoms with Gasteiger partial charge in [0.1, 0.15) is 19.0 Å². The Morgan fingerprint density at radius 1 is 1.19 bits per heavy atom. The lowest BCUT2D eigenvalue weighted by Gasteiger charge is -2.19. The fourth-order valence-corrected chi connectivity index (χ4v) is 2.43. The second-order valence-electron chi connectivity index (χ2n) is 4.90. The number of hydrogen-bond acceptors (Lipinski definition) is 5. The molecule has 3 heterocycles. The molecule has 1 aliphatic rings. The first-order valence-corrected chi connectivity index (χ1v) is 6.74. The number of nitrogens with zero attached hydrogens (tertiary/aromatic N) is 3. The summed E-state index contributed by atoms with van der Waals surface area (Å²) < 4.78 is 13.0. The van der Waals surface area contributed by atoms with Crippen LogP contribution < -0.4 is 14.8 Å². The van der Waals surface area contributed by atoms with E-state index in [0.29, 0.717) is 13.2 Å². The minimum atomic E-state index is 0.574. The zero-order chi connectivity index (χ0) is 14.2. The molecule has 106 valence electrons. The Morgan fingerprint density at radius 2 is 2.00 bits per heavy atom. The van der Waals surface area contributed by atoms with Gasteiger partial charge in [0.25, 0.3) is 0 Å². The van der Waals surface area contributed by atoms with Crippen molar-refractivity contribution in [3.8, 4) is 11.5 Å². The molecule has 6 heteroatoms. The SMILES string of the molecule is Cn1cc(Nc2nccc3cc4c(cc23)OCCO4)cn1. The van der Waals surface area contributed by atoms with Crippen LogP contribution in [-0.2, 0) is 7.05 Å². The van der Waals surface area contributed by atoms with Gasteiger partial charge >= 0.3 is 0 Å². The van der Waals surface area contributed by atoms with Crippen LogP contribution in [0.5, 0.6) is 11.5 Å². The number of rotatable bonds is 2. The molecule has 0 bridgehead atoms. The van der Waals surface area contributed by atoms with Gasteiger partial charge in [0.15, 0.2) is 11.5 Å². The quantitative estimate of drug-likeness (QED) is 0.782. The van der Waals surface area contributed by atoms with Crippen molar-refractivity contribution in [2.45, 2.75) is 0 Å². The van der Waals surface area contributed by atoms with Crippen molar-refractivity contribution in [3.63, 3.8) is 0 Å². The van der Waals surface area contributed by atoms with Crippen molar-refractivity contribution in [1.29, 1.82) is 0 Å². The smallest absolute Gasteiger partial charge is 0.162 e. The van der Waals surface area contributed by atoms with Gasteiger partial charge in [0, 0.05) is 24.8 Å². The molecule has 0 saturated carbocycles. The highest BCUT2D eigenvalue weighted by Crippen LogP contribution is 2.37. The van der Waals surface area contributed by atoms with Crippen molar-refractivity contribution in [3.05, 3.63) is 36.8 Å². The number of fused-ring (bicyclic) bond motifs is 2. The summed E-state index contributed by atoms with van der Waals surface area (Å²) in [5.74, 6) is 2.32. The van der Waals surface area contributed by atoms with Crippen molar-refractivity contribution in [2.24, 2.45) is 7.05 Å². The standard InChI is InChI=1S/C15H14N4O2/c1-19-9-11(8-17-19)18-15-12-7-14-13(20-4-5-21-14)6-10(12)2-3-16-15/h2-3,6-9H,4-5H2,1H3,(H,16,18). The summed E-state index contributed by atoms with van der Waals surface area (Å²) in [6, 6.07) is 5.91. The molecule has 2 aromatic heterocycles. The van der Waals surface area contributed by atoms with Gasteiger partial charge in [0.2, 0.25) is 0 Å². The predicted molar refractivity (Wildman–Crippen MR) is 79.2 cm³/mol. The van der Waals surface area contributed by atoms with E-state index in [0.717, 1.165) is 33.8 Å². The van der Waals surface area contributed by atoms with Crippen molar-refractivity contribution in [1.82, 2.24) is 14.8 Å². The summed E-state index contributed by atoms with van der Waals surface area (Å²) in [4.78, 5) is 4.42. The number of nitrogens with one attached hydrogen (secondary N) is 1. The van der Waals surface area contributed by atoms with E-state index in [2.05, 4.69) is 15.4 Å². The molecule has 1 aromatic carbocycles. The molecule has 1 N–H and O–H groups in total. The third-order valence-corrected chi connectivity index (χ3v) is 3.39. The second kappa shape index (κ2) is 4.66. The summed E-state index contributed by atoms with van der Waals surface area (Å²) in [5, 5.41) is 9.48. The van der Waals surface area contributed by atoms with E-state index in [1.165, 1.54) is 0 Å². The third kappa shape index (κ3) is 2.14. The van der Waals surface area contributed by atoms with E-state index in [4.69, 9.17) is 9.47 Å². The summed E-state index contributed by atoms with van der Waals surface area (Å²) in [7, 11) is 1.88. The van der Waals surface area contributed by atoms with E-state index in [1.807, 2.05) is 31.4 Å². The van der Waals surface area contributed by atoms with Crippen LogP contribution in [0.4, 0.5) is 11.5 Å². The van der Waals surface area contributed by atoms with Gasteiger partial charge in [-0.1, -0.05) is 0 Å². The van der Waals surface area contributed by atoms with E-state index >= 15 is 0 Å². The fraction of sp³-hybridized carbons (Fsp3) is 0.200. The van der Waals surface area contributed by atoms with Crippen molar-refractivity contribution in [2.75, 3.05) is 18.5 Å². The van der Waals surface area contributed by atoms with Crippen LogP contribution in [0.15, 0.2) is 36.8 Å². The highest BCUT2D eigenvalue weighted by atomic mass is 16.6.